The van der Waals surface area contributed by atoms with Gasteiger partial charge in [-0.15, -0.1) is 0 Å². The summed E-state index contributed by atoms with van der Waals surface area (Å²) in [6, 6.07) is -0.152. The highest BCUT2D eigenvalue weighted by Crippen LogP contribution is 2.35. The standard InChI is InChI=1S/C14H21N3O5S/c1-10-12(21-9-15-10)13(18)17-5-4-14(8-17)7-11(3-6-22-14)16-23(2,19)20/h9,11,16H,3-8H2,1-2H3/t11-,14-/m0/s1. The van der Waals surface area contributed by atoms with E-state index in [2.05, 4.69) is 9.71 Å². The summed E-state index contributed by atoms with van der Waals surface area (Å²) in [5.41, 5.74) is 0.0848. The van der Waals surface area contributed by atoms with Crippen molar-refractivity contribution in [1.82, 2.24) is 14.6 Å². The molecule has 2 aliphatic heterocycles. The molecule has 0 aliphatic carbocycles. The van der Waals surface area contributed by atoms with Crippen LogP contribution in [0.3, 0.4) is 0 Å². The van der Waals surface area contributed by atoms with Crippen molar-refractivity contribution < 1.29 is 22.4 Å². The zero-order valence-electron chi connectivity index (χ0n) is 13.2. The number of aromatic nitrogens is 1. The van der Waals surface area contributed by atoms with Gasteiger partial charge in [-0.2, -0.15) is 0 Å². The van der Waals surface area contributed by atoms with E-state index in [-0.39, 0.29) is 17.7 Å². The van der Waals surface area contributed by atoms with E-state index in [1.165, 1.54) is 6.39 Å². The molecule has 2 atom stereocenters. The molecule has 8 nitrogen and oxygen atoms in total. The van der Waals surface area contributed by atoms with Gasteiger partial charge in [0.2, 0.25) is 15.8 Å². The quantitative estimate of drug-likeness (QED) is 0.847. The van der Waals surface area contributed by atoms with Gasteiger partial charge in [0.1, 0.15) is 0 Å². The summed E-state index contributed by atoms with van der Waals surface area (Å²) in [4.78, 5) is 18.1. The van der Waals surface area contributed by atoms with E-state index >= 15 is 0 Å². The molecule has 9 heteroatoms. The summed E-state index contributed by atoms with van der Waals surface area (Å²) < 4.78 is 36.6. The second-order valence-electron chi connectivity index (χ2n) is 6.35. The van der Waals surface area contributed by atoms with E-state index in [0.717, 1.165) is 6.26 Å². The van der Waals surface area contributed by atoms with Gasteiger partial charge >= 0.3 is 0 Å². The predicted octanol–water partition coefficient (Wildman–Crippen LogP) is 0.296. The number of rotatable bonds is 3. The first kappa shape index (κ1) is 16.4. The zero-order chi connectivity index (χ0) is 16.7. The van der Waals surface area contributed by atoms with Gasteiger partial charge in [0.25, 0.3) is 5.91 Å². The summed E-state index contributed by atoms with van der Waals surface area (Å²) in [6.45, 7) is 3.21. The first-order valence-corrected chi connectivity index (χ1v) is 9.48. The minimum Gasteiger partial charge on any atom is -0.438 e. The SMILES string of the molecule is Cc1ncoc1C(=O)N1CC[C@]2(C[C@@H](NS(C)(=O)=O)CCO2)C1. The molecule has 3 rings (SSSR count). The van der Waals surface area contributed by atoms with Gasteiger partial charge in [-0.3, -0.25) is 4.79 Å². The van der Waals surface area contributed by atoms with Gasteiger partial charge in [0, 0.05) is 19.2 Å². The molecule has 1 aromatic heterocycles. The van der Waals surface area contributed by atoms with Gasteiger partial charge in [0.05, 0.1) is 24.1 Å². The van der Waals surface area contributed by atoms with Gasteiger partial charge < -0.3 is 14.1 Å². The van der Waals surface area contributed by atoms with Crippen LogP contribution in [0.25, 0.3) is 0 Å². The third-order valence-electron chi connectivity index (χ3n) is 4.42. The first-order chi connectivity index (χ1) is 10.8. The number of hydrogen-bond donors (Lipinski definition) is 1. The molecule has 1 aromatic rings. The molecule has 1 N–H and O–H groups in total. The van der Waals surface area contributed by atoms with E-state index in [0.29, 0.717) is 44.7 Å². The molecular formula is C14H21N3O5S. The minimum absolute atomic E-state index is 0.152. The van der Waals surface area contributed by atoms with Gasteiger partial charge in [-0.25, -0.2) is 18.1 Å². The molecule has 0 bridgehead atoms. The van der Waals surface area contributed by atoms with Crippen molar-refractivity contribution >= 4 is 15.9 Å². The number of amides is 1. The Bertz CT molecular complexity index is 701. The van der Waals surface area contributed by atoms with E-state index in [1.807, 2.05) is 0 Å². The van der Waals surface area contributed by atoms with Crippen molar-refractivity contribution in [3.05, 3.63) is 17.8 Å². The smallest absolute Gasteiger partial charge is 0.291 e. The molecule has 1 amide bonds. The Hall–Kier alpha value is -1.45. The fourth-order valence-corrected chi connectivity index (χ4v) is 4.19. The van der Waals surface area contributed by atoms with Crippen LogP contribution in [-0.2, 0) is 14.8 Å². The molecule has 2 fully saturated rings. The number of carbonyl (C=O) groups excluding carboxylic acids is 1. The van der Waals surface area contributed by atoms with E-state index in [4.69, 9.17) is 9.15 Å². The maximum Gasteiger partial charge on any atom is 0.291 e. The predicted molar refractivity (Wildman–Crippen MR) is 81.4 cm³/mol. The molecule has 0 aromatic carbocycles. The van der Waals surface area contributed by atoms with Crippen molar-refractivity contribution in [3.8, 4) is 0 Å². The number of aryl methyl sites for hydroxylation is 1. The monoisotopic (exact) mass is 343 g/mol. The van der Waals surface area contributed by atoms with Crippen molar-refractivity contribution in [3.63, 3.8) is 0 Å². The number of oxazole rings is 1. The lowest BCUT2D eigenvalue weighted by Crippen LogP contribution is -2.50. The van der Waals surface area contributed by atoms with Crippen molar-refractivity contribution in [2.75, 3.05) is 26.0 Å². The van der Waals surface area contributed by atoms with Crippen LogP contribution in [-0.4, -0.2) is 61.8 Å². The van der Waals surface area contributed by atoms with Crippen LogP contribution in [0.5, 0.6) is 0 Å². The molecule has 2 aliphatic rings. The summed E-state index contributed by atoms with van der Waals surface area (Å²) >= 11 is 0. The Morgan fingerprint density at radius 1 is 1.52 bits per heavy atom. The molecule has 1 spiro atoms. The van der Waals surface area contributed by atoms with Gasteiger partial charge in [-0.05, 0) is 26.2 Å². The van der Waals surface area contributed by atoms with Crippen LogP contribution in [0, 0.1) is 6.92 Å². The number of nitrogens with one attached hydrogen (secondary N) is 1. The third-order valence-corrected chi connectivity index (χ3v) is 5.18. The fraction of sp³-hybridized carbons (Fsp3) is 0.714. The average Bonchev–Trinajstić information content (AvgIpc) is 3.03. The number of nitrogens with zero attached hydrogens (tertiary/aromatic N) is 2. The summed E-state index contributed by atoms with van der Waals surface area (Å²) in [5.74, 6) is 0.0577. The average molecular weight is 343 g/mol. The molecule has 0 unspecified atom stereocenters. The van der Waals surface area contributed by atoms with Crippen molar-refractivity contribution in [2.24, 2.45) is 0 Å². The van der Waals surface area contributed by atoms with E-state index < -0.39 is 15.6 Å². The number of carbonyl (C=O) groups is 1. The Morgan fingerprint density at radius 2 is 2.30 bits per heavy atom. The Labute approximate surface area is 135 Å². The van der Waals surface area contributed by atoms with E-state index in [1.54, 1.807) is 11.8 Å². The van der Waals surface area contributed by atoms with Gasteiger partial charge in [-0.1, -0.05) is 0 Å². The Morgan fingerprint density at radius 3 is 2.96 bits per heavy atom. The number of likely N-dealkylation sites (tertiary alicyclic amines) is 1. The molecule has 2 saturated heterocycles. The van der Waals surface area contributed by atoms with Crippen LogP contribution in [0.15, 0.2) is 10.8 Å². The van der Waals surface area contributed by atoms with Crippen LogP contribution in [0.2, 0.25) is 0 Å². The summed E-state index contributed by atoms with van der Waals surface area (Å²) in [5, 5.41) is 0. The number of sulfonamides is 1. The van der Waals surface area contributed by atoms with Crippen LogP contribution in [0.4, 0.5) is 0 Å². The summed E-state index contributed by atoms with van der Waals surface area (Å²) in [7, 11) is -3.25. The maximum atomic E-state index is 12.5. The number of hydrogen-bond acceptors (Lipinski definition) is 6. The van der Waals surface area contributed by atoms with Crippen LogP contribution >= 0.6 is 0 Å². The highest BCUT2D eigenvalue weighted by Gasteiger charge is 2.45. The Balaban J connectivity index is 1.68. The lowest BCUT2D eigenvalue weighted by molar-refractivity contribution is -0.0763. The molecule has 0 saturated carbocycles. The summed E-state index contributed by atoms with van der Waals surface area (Å²) in [6.07, 6.45) is 4.32. The topological polar surface area (TPSA) is 102 Å². The number of ether oxygens (including phenoxy) is 1. The second kappa shape index (κ2) is 5.88. The lowest BCUT2D eigenvalue weighted by atomic mass is 9.90. The highest BCUT2D eigenvalue weighted by molar-refractivity contribution is 7.88. The second-order valence-corrected chi connectivity index (χ2v) is 8.13. The van der Waals surface area contributed by atoms with Crippen LogP contribution in [0.1, 0.15) is 35.5 Å². The fourth-order valence-electron chi connectivity index (χ4n) is 3.38. The lowest BCUT2D eigenvalue weighted by Gasteiger charge is -2.38. The normalized spacial score (nSPS) is 28.4. The highest BCUT2D eigenvalue weighted by atomic mass is 32.2. The van der Waals surface area contributed by atoms with Crippen molar-refractivity contribution in [2.45, 2.75) is 37.8 Å². The molecule has 0 radical (unpaired) electrons. The zero-order valence-corrected chi connectivity index (χ0v) is 14.1. The molecule has 23 heavy (non-hydrogen) atoms. The molecule has 128 valence electrons. The maximum absolute atomic E-state index is 12.5. The Kier molecular flexibility index (Phi) is 4.19. The largest absolute Gasteiger partial charge is 0.438 e. The van der Waals surface area contributed by atoms with Crippen LogP contribution < -0.4 is 4.72 Å². The first-order valence-electron chi connectivity index (χ1n) is 7.59. The molecule has 3 heterocycles. The minimum atomic E-state index is -3.25. The van der Waals surface area contributed by atoms with Gasteiger partial charge in [0.15, 0.2) is 6.39 Å². The van der Waals surface area contributed by atoms with Crippen molar-refractivity contribution in [1.29, 1.82) is 0 Å². The molecular weight excluding hydrogens is 322 g/mol. The third kappa shape index (κ3) is 3.56. The van der Waals surface area contributed by atoms with E-state index in [9.17, 15) is 13.2 Å².